The van der Waals surface area contributed by atoms with E-state index in [1.54, 1.807) is 26.1 Å². The number of para-hydroxylation sites is 1. The quantitative estimate of drug-likeness (QED) is 0.344. The van der Waals surface area contributed by atoms with E-state index < -0.39 is 0 Å². The summed E-state index contributed by atoms with van der Waals surface area (Å²) in [7, 11) is 5.22. The lowest BCUT2D eigenvalue weighted by atomic mass is 9.95. The van der Waals surface area contributed by atoms with E-state index in [9.17, 15) is 4.79 Å². The Morgan fingerprint density at radius 2 is 2.04 bits per heavy atom. The highest BCUT2D eigenvalue weighted by Gasteiger charge is 2.39. The van der Waals surface area contributed by atoms with Gasteiger partial charge in [0.25, 0.3) is 0 Å². The number of rotatable bonds is 7. The van der Waals surface area contributed by atoms with Gasteiger partial charge in [0.05, 0.1) is 7.11 Å². The molecule has 2 fully saturated rings. The van der Waals surface area contributed by atoms with Crippen molar-refractivity contribution in [1.82, 2.24) is 15.5 Å². The molecule has 2 aliphatic carbocycles. The minimum absolute atomic E-state index is 0. The molecule has 6 nitrogen and oxygen atoms in total. The summed E-state index contributed by atoms with van der Waals surface area (Å²) in [5.74, 6) is 3.28. The number of nitrogens with zero attached hydrogens (tertiary/aromatic N) is 2. The summed E-state index contributed by atoms with van der Waals surface area (Å²) in [5, 5.41) is 7.01. The number of carbonyl (C=O) groups excluding carboxylic acids is 1. The number of aliphatic imine (C=N–C) groups is 1. The number of methoxy groups -OCH3 is 1. The molecular formula is C21H33IN4O2. The van der Waals surface area contributed by atoms with E-state index in [4.69, 9.17) is 4.74 Å². The van der Waals surface area contributed by atoms with Crippen LogP contribution in [0.2, 0.25) is 0 Å². The van der Waals surface area contributed by atoms with Gasteiger partial charge in [0, 0.05) is 26.7 Å². The number of amides is 1. The van der Waals surface area contributed by atoms with Crippen molar-refractivity contribution >= 4 is 35.8 Å². The highest BCUT2D eigenvalue weighted by molar-refractivity contribution is 14.0. The fraction of sp³-hybridized carbons (Fsp3) is 0.619. The smallest absolute Gasteiger partial charge is 0.243 e. The number of hydrogen-bond donors (Lipinski definition) is 2. The highest BCUT2D eigenvalue weighted by Crippen LogP contribution is 2.44. The Hall–Kier alpha value is -1.51. The first-order valence-corrected chi connectivity index (χ1v) is 9.93. The minimum Gasteiger partial charge on any atom is -0.496 e. The predicted octanol–water partition coefficient (Wildman–Crippen LogP) is 2.67. The molecule has 3 rings (SSSR count). The van der Waals surface area contributed by atoms with Crippen molar-refractivity contribution in [1.29, 1.82) is 0 Å². The highest BCUT2D eigenvalue weighted by atomic mass is 127. The summed E-state index contributed by atoms with van der Waals surface area (Å²) in [6.45, 7) is 0.904. The Balaban J connectivity index is 0.00000280. The van der Waals surface area contributed by atoms with Crippen LogP contribution in [0.3, 0.4) is 0 Å². The SMILES string of the molecule is COc1ccccc1CCNC(=NCC(=O)N(C)C)NC1CC2CCC1C2.I. The number of ether oxygens (including phenoxy) is 1. The fourth-order valence-corrected chi connectivity index (χ4v) is 4.26. The molecule has 2 bridgehead atoms. The number of nitrogens with one attached hydrogen (secondary N) is 2. The molecule has 0 saturated heterocycles. The molecule has 3 atom stereocenters. The van der Waals surface area contributed by atoms with E-state index in [0.29, 0.717) is 6.04 Å². The molecule has 2 N–H and O–H groups in total. The largest absolute Gasteiger partial charge is 0.496 e. The second-order valence-electron chi connectivity index (χ2n) is 7.87. The molecule has 0 radical (unpaired) electrons. The second-order valence-corrected chi connectivity index (χ2v) is 7.87. The number of likely N-dealkylation sites (N-methyl/N-ethyl adjacent to an activating group) is 1. The van der Waals surface area contributed by atoms with Crippen LogP contribution in [0.5, 0.6) is 5.75 Å². The van der Waals surface area contributed by atoms with Gasteiger partial charge in [-0.1, -0.05) is 24.6 Å². The zero-order valence-corrected chi connectivity index (χ0v) is 19.4. The maximum Gasteiger partial charge on any atom is 0.243 e. The first-order chi connectivity index (χ1) is 13.1. The van der Waals surface area contributed by atoms with E-state index in [0.717, 1.165) is 42.1 Å². The van der Waals surface area contributed by atoms with Gasteiger partial charge in [-0.15, -0.1) is 24.0 Å². The summed E-state index contributed by atoms with van der Waals surface area (Å²) >= 11 is 0. The molecule has 7 heteroatoms. The Morgan fingerprint density at radius 1 is 1.25 bits per heavy atom. The number of halogens is 1. The summed E-state index contributed by atoms with van der Waals surface area (Å²) in [4.78, 5) is 18.1. The molecule has 0 aromatic heterocycles. The van der Waals surface area contributed by atoms with E-state index in [-0.39, 0.29) is 36.4 Å². The summed E-state index contributed by atoms with van der Waals surface area (Å²) < 4.78 is 5.43. The Labute approximate surface area is 185 Å². The molecule has 0 heterocycles. The lowest BCUT2D eigenvalue weighted by molar-refractivity contribution is -0.127. The average molecular weight is 500 g/mol. The van der Waals surface area contributed by atoms with Crippen LogP contribution in [0.1, 0.15) is 31.2 Å². The van der Waals surface area contributed by atoms with Gasteiger partial charge in [0.15, 0.2) is 5.96 Å². The number of fused-ring (bicyclic) bond motifs is 2. The molecule has 0 aliphatic heterocycles. The van der Waals surface area contributed by atoms with Crippen molar-refractivity contribution in [2.45, 2.75) is 38.1 Å². The van der Waals surface area contributed by atoms with Gasteiger partial charge < -0.3 is 20.3 Å². The van der Waals surface area contributed by atoms with Crippen molar-refractivity contribution in [3.05, 3.63) is 29.8 Å². The normalized spacial score (nSPS) is 23.1. The van der Waals surface area contributed by atoms with Gasteiger partial charge in [0.2, 0.25) is 5.91 Å². The van der Waals surface area contributed by atoms with Gasteiger partial charge in [0.1, 0.15) is 12.3 Å². The van der Waals surface area contributed by atoms with Gasteiger partial charge >= 0.3 is 0 Å². The molecule has 1 amide bonds. The third-order valence-electron chi connectivity index (χ3n) is 5.81. The van der Waals surface area contributed by atoms with Crippen LogP contribution in [0.15, 0.2) is 29.3 Å². The van der Waals surface area contributed by atoms with E-state index in [2.05, 4.69) is 21.7 Å². The van der Waals surface area contributed by atoms with E-state index in [1.807, 2.05) is 18.2 Å². The topological polar surface area (TPSA) is 66.0 Å². The minimum atomic E-state index is 0. The van der Waals surface area contributed by atoms with Crippen LogP contribution in [0.25, 0.3) is 0 Å². The van der Waals surface area contributed by atoms with Crippen LogP contribution < -0.4 is 15.4 Å². The second kappa shape index (κ2) is 10.9. The third-order valence-corrected chi connectivity index (χ3v) is 5.81. The lowest BCUT2D eigenvalue weighted by Gasteiger charge is -2.25. The fourth-order valence-electron chi connectivity index (χ4n) is 4.26. The zero-order chi connectivity index (χ0) is 19.2. The van der Waals surface area contributed by atoms with E-state index in [1.165, 1.54) is 25.7 Å². The first kappa shape index (κ1) is 22.8. The molecule has 2 aliphatic rings. The number of benzene rings is 1. The van der Waals surface area contributed by atoms with Crippen molar-refractivity contribution in [2.24, 2.45) is 16.8 Å². The molecular weight excluding hydrogens is 467 g/mol. The maximum atomic E-state index is 11.9. The van der Waals surface area contributed by atoms with Crippen LogP contribution in [-0.4, -0.2) is 57.1 Å². The Kier molecular flexibility index (Phi) is 8.85. The third kappa shape index (κ3) is 5.99. The molecule has 28 heavy (non-hydrogen) atoms. The molecule has 0 spiro atoms. The predicted molar refractivity (Wildman–Crippen MR) is 123 cm³/mol. The molecule has 3 unspecified atom stereocenters. The number of hydrogen-bond acceptors (Lipinski definition) is 3. The monoisotopic (exact) mass is 500 g/mol. The summed E-state index contributed by atoms with van der Waals surface area (Å²) in [6, 6.07) is 8.54. The van der Waals surface area contributed by atoms with Crippen LogP contribution >= 0.6 is 24.0 Å². The molecule has 1 aromatic carbocycles. The number of guanidine groups is 1. The molecule has 2 saturated carbocycles. The van der Waals surface area contributed by atoms with Gasteiger partial charge in [-0.2, -0.15) is 0 Å². The lowest BCUT2D eigenvalue weighted by Crippen LogP contribution is -2.46. The Morgan fingerprint density at radius 3 is 2.68 bits per heavy atom. The molecule has 156 valence electrons. The van der Waals surface area contributed by atoms with Gasteiger partial charge in [-0.05, 0) is 49.1 Å². The summed E-state index contributed by atoms with van der Waals surface area (Å²) in [6.07, 6.45) is 6.08. The van der Waals surface area contributed by atoms with Gasteiger partial charge in [-0.3, -0.25) is 4.79 Å². The number of carbonyl (C=O) groups is 1. The standard InChI is InChI=1S/C21H32N4O2.HI/c1-25(2)20(26)14-23-21(24-18-13-15-8-9-17(18)12-15)22-11-10-16-6-4-5-7-19(16)27-3;/h4-7,15,17-18H,8-14H2,1-3H3,(H2,22,23,24);1H. The van der Waals surface area contributed by atoms with Crippen LogP contribution in [0.4, 0.5) is 0 Å². The summed E-state index contributed by atoms with van der Waals surface area (Å²) in [5.41, 5.74) is 1.16. The first-order valence-electron chi connectivity index (χ1n) is 9.93. The average Bonchev–Trinajstić information content (AvgIpc) is 3.29. The van der Waals surface area contributed by atoms with Crippen LogP contribution in [-0.2, 0) is 11.2 Å². The zero-order valence-electron chi connectivity index (χ0n) is 17.1. The van der Waals surface area contributed by atoms with Crippen LogP contribution in [0, 0.1) is 11.8 Å². The maximum absolute atomic E-state index is 11.9. The van der Waals surface area contributed by atoms with E-state index >= 15 is 0 Å². The molecule has 1 aromatic rings. The van der Waals surface area contributed by atoms with Crippen molar-refractivity contribution in [3.8, 4) is 5.75 Å². The van der Waals surface area contributed by atoms with Crippen molar-refractivity contribution in [3.63, 3.8) is 0 Å². The van der Waals surface area contributed by atoms with Gasteiger partial charge in [-0.25, -0.2) is 4.99 Å². The van der Waals surface area contributed by atoms with Crippen molar-refractivity contribution < 1.29 is 9.53 Å². The Bertz CT molecular complexity index is 680. The van der Waals surface area contributed by atoms with Crippen molar-refractivity contribution in [2.75, 3.05) is 34.3 Å².